The number of fused-ring (bicyclic) bond motifs is 2. The smallest absolute Gasteiger partial charge is 0.335 e. The number of imidazole rings is 1. The van der Waals surface area contributed by atoms with Crippen LogP contribution in [0.25, 0.3) is 11.0 Å². The summed E-state index contributed by atoms with van der Waals surface area (Å²) in [4.78, 5) is 19.0. The molecule has 214 valence electrons. The SMILES string of the molecule is COc1cc(Cl)ccc1COc1cc2c(cc1Cl)CCN(Cc1nc3ccc(C(=O)O)cc3n1C[C@@H]1CCO1)[C@H]2C. The van der Waals surface area contributed by atoms with Crippen molar-refractivity contribution >= 4 is 40.2 Å². The van der Waals surface area contributed by atoms with Crippen LogP contribution in [0.5, 0.6) is 11.5 Å². The number of halogens is 2. The molecule has 0 amide bonds. The molecule has 2 atom stereocenters. The van der Waals surface area contributed by atoms with Gasteiger partial charge in [-0.3, -0.25) is 4.90 Å². The summed E-state index contributed by atoms with van der Waals surface area (Å²) in [6.45, 7) is 5.34. The van der Waals surface area contributed by atoms with Crippen molar-refractivity contribution in [3.63, 3.8) is 0 Å². The van der Waals surface area contributed by atoms with Crippen LogP contribution in [-0.2, 0) is 30.9 Å². The normalized spacial score (nSPS) is 18.6. The molecule has 3 aromatic carbocycles. The first-order valence-electron chi connectivity index (χ1n) is 13.7. The summed E-state index contributed by atoms with van der Waals surface area (Å²) in [6, 6.07) is 14.7. The minimum Gasteiger partial charge on any atom is -0.496 e. The van der Waals surface area contributed by atoms with E-state index < -0.39 is 5.97 Å². The molecular weight excluding hydrogens is 565 g/mol. The van der Waals surface area contributed by atoms with Gasteiger partial charge in [0.1, 0.15) is 23.9 Å². The molecule has 41 heavy (non-hydrogen) atoms. The Labute approximate surface area is 248 Å². The predicted octanol–water partition coefficient (Wildman–Crippen LogP) is 6.54. The van der Waals surface area contributed by atoms with Crippen LogP contribution in [0.2, 0.25) is 10.0 Å². The molecule has 1 aromatic heterocycles. The second-order valence-electron chi connectivity index (χ2n) is 10.6. The molecule has 0 unspecified atom stereocenters. The van der Waals surface area contributed by atoms with Gasteiger partial charge in [-0.1, -0.05) is 29.3 Å². The van der Waals surface area contributed by atoms with Gasteiger partial charge in [-0.15, -0.1) is 0 Å². The maximum atomic E-state index is 11.7. The van der Waals surface area contributed by atoms with Crippen molar-refractivity contribution in [2.75, 3.05) is 20.3 Å². The molecule has 8 nitrogen and oxygen atoms in total. The molecule has 0 spiro atoms. The van der Waals surface area contributed by atoms with E-state index in [1.165, 1.54) is 5.56 Å². The van der Waals surface area contributed by atoms with E-state index in [9.17, 15) is 9.90 Å². The Morgan fingerprint density at radius 2 is 1.98 bits per heavy atom. The quantitative estimate of drug-likeness (QED) is 0.235. The molecule has 1 fully saturated rings. The maximum Gasteiger partial charge on any atom is 0.335 e. The van der Waals surface area contributed by atoms with Crippen molar-refractivity contribution in [1.29, 1.82) is 0 Å². The van der Waals surface area contributed by atoms with E-state index in [1.807, 2.05) is 24.3 Å². The summed E-state index contributed by atoms with van der Waals surface area (Å²) < 4.78 is 19.5. The zero-order valence-corrected chi connectivity index (χ0v) is 24.4. The van der Waals surface area contributed by atoms with Gasteiger partial charge in [-0.2, -0.15) is 0 Å². The number of carboxylic acids is 1. The van der Waals surface area contributed by atoms with Crippen LogP contribution in [0.15, 0.2) is 48.5 Å². The molecule has 2 aliphatic heterocycles. The number of aromatic carboxylic acids is 1. The number of carboxylic acid groups (broad SMARTS) is 1. The Hall–Kier alpha value is -3.30. The molecular formula is C31H31Cl2N3O5. The minimum atomic E-state index is -0.950. The lowest BCUT2D eigenvalue weighted by Gasteiger charge is -2.36. The second kappa shape index (κ2) is 11.5. The van der Waals surface area contributed by atoms with Crippen LogP contribution < -0.4 is 9.47 Å². The minimum absolute atomic E-state index is 0.0891. The number of nitrogens with zero attached hydrogens (tertiary/aromatic N) is 3. The third kappa shape index (κ3) is 5.62. The van der Waals surface area contributed by atoms with Crippen molar-refractivity contribution in [2.45, 2.75) is 51.6 Å². The number of rotatable bonds is 9. The monoisotopic (exact) mass is 595 g/mol. The van der Waals surface area contributed by atoms with Crippen LogP contribution in [-0.4, -0.2) is 51.9 Å². The highest BCUT2D eigenvalue weighted by Gasteiger charge is 2.29. The number of methoxy groups -OCH3 is 1. The van der Waals surface area contributed by atoms with Gasteiger partial charge < -0.3 is 23.9 Å². The van der Waals surface area contributed by atoms with Crippen LogP contribution in [0.3, 0.4) is 0 Å². The zero-order chi connectivity index (χ0) is 28.7. The van der Waals surface area contributed by atoms with Gasteiger partial charge in [0.05, 0.1) is 47.9 Å². The van der Waals surface area contributed by atoms with Crippen molar-refractivity contribution in [3.05, 3.63) is 86.7 Å². The number of carbonyl (C=O) groups is 1. The van der Waals surface area contributed by atoms with E-state index >= 15 is 0 Å². The molecule has 6 rings (SSSR count). The van der Waals surface area contributed by atoms with Crippen LogP contribution in [0.4, 0.5) is 0 Å². The Bertz CT molecular complexity index is 1620. The van der Waals surface area contributed by atoms with E-state index in [1.54, 1.807) is 31.4 Å². The van der Waals surface area contributed by atoms with Gasteiger partial charge in [0.2, 0.25) is 0 Å². The Kier molecular flexibility index (Phi) is 7.83. The molecule has 10 heteroatoms. The molecule has 0 aliphatic carbocycles. The van der Waals surface area contributed by atoms with Gasteiger partial charge in [0.25, 0.3) is 0 Å². The number of hydrogen-bond acceptors (Lipinski definition) is 6. The number of ether oxygens (including phenoxy) is 3. The van der Waals surface area contributed by atoms with Crippen LogP contribution in [0.1, 0.15) is 52.3 Å². The van der Waals surface area contributed by atoms with Crippen molar-refractivity contribution in [2.24, 2.45) is 0 Å². The standard InChI is InChI=1S/C31H31Cl2N3O5/c1-18-24-14-29(41-17-21-3-5-22(32)13-28(21)39-2)25(33)11-19(24)7-9-35(18)16-30-34-26-6-4-20(31(37)38)12-27(26)36(30)15-23-8-10-40-23/h3-6,11-14,18,23H,7-10,15-17H2,1-2H3,(H,37,38)/t18-,23-/m0/s1. The Morgan fingerprint density at radius 3 is 2.71 bits per heavy atom. The summed E-state index contributed by atoms with van der Waals surface area (Å²) in [5, 5.41) is 10.7. The molecule has 2 aliphatic rings. The van der Waals surface area contributed by atoms with Crippen molar-refractivity contribution in [1.82, 2.24) is 14.5 Å². The topological polar surface area (TPSA) is 86.0 Å². The van der Waals surface area contributed by atoms with Gasteiger partial charge in [0, 0.05) is 29.8 Å². The van der Waals surface area contributed by atoms with Gasteiger partial charge >= 0.3 is 5.97 Å². The van der Waals surface area contributed by atoms with Gasteiger partial charge in [-0.05, 0) is 73.4 Å². The summed E-state index contributed by atoms with van der Waals surface area (Å²) in [5.74, 6) is 1.23. The average molecular weight is 597 g/mol. The van der Waals surface area contributed by atoms with Crippen molar-refractivity contribution < 1.29 is 24.1 Å². The van der Waals surface area contributed by atoms with E-state index in [-0.39, 0.29) is 17.7 Å². The van der Waals surface area contributed by atoms with Crippen molar-refractivity contribution in [3.8, 4) is 11.5 Å². The zero-order valence-electron chi connectivity index (χ0n) is 22.9. The Balaban J connectivity index is 1.25. The van der Waals surface area contributed by atoms with E-state index in [0.717, 1.165) is 54.0 Å². The molecule has 0 saturated carbocycles. The fourth-order valence-electron chi connectivity index (χ4n) is 5.63. The highest BCUT2D eigenvalue weighted by Crippen LogP contribution is 2.38. The summed E-state index contributed by atoms with van der Waals surface area (Å²) in [7, 11) is 1.61. The predicted molar refractivity (Wildman–Crippen MR) is 157 cm³/mol. The van der Waals surface area contributed by atoms with Gasteiger partial charge in [-0.25, -0.2) is 9.78 Å². The van der Waals surface area contributed by atoms with E-state index in [2.05, 4.69) is 16.4 Å². The summed E-state index contributed by atoms with van der Waals surface area (Å²) in [6.07, 6.45) is 1.94. The van der Waals surface area contributed by atoms with Crippen LogP contribution >= 0.6 is 23.2 Å². The largest absolute Gasteiger partial charge is 0.496 e. The summed E-state index contributed by atoms with van der Waals surface area (Å²) in [5.41, 5.74) is 5.10. The molecule has 3 heterocycles. The van der Waals surface area contributed by atoms with Gasteiger partial charge in [0.15, 0.2) is 0 Å². The Morgan fingerprint density at radius 1 is 1.15 bits per heavy atom. The fourth-order valence-corrected chi connectivity index (χ4v) is 6.04. The third-order valence-electron chi connectivity index (χ3n) is 8.09. The lowest BCUT2D eigenvalue weighted by molar-refractivity contribution is -0.0592. The summed E-state index contributed by atoms with van der Waals surface area (Å²) >= 11 is 12.8. The molecule has 0 radical (unpaired) electrons. The van der Waals surface area contributed by atoms with Crippen LogP contribution in [0, 0.1) is 0 Å². The first-order valence-corrected chi connectivity index (χ1v) is 14.4. The number of hydrogen-bond donors (Lipinski definition) is 1. The van der Waals surface area contributed by atoms with E-state index in [4.69, 9.17) is 42.4 Å². The second-order valence-corrected chi connectivity index (χ2v) is 11.4. The lowest BCUT2D eigenvalue weighted by Crippen LogP contribution is -2.36. The molecule has 4 aromatic rings. The van der Waals surface area contributed by atoms with E-state index in [0.29, 0.717) is 41.2 Å². The first-order chi connectivity index (χ1) is 19.8. The molecule has 0 bridgehead atoms. The highest BCUT2D eigenvalue weighted by molar-refractivity contribution is 6.32. The molecule has 1 N–H and O–H groups in total. The first kappa shape index (κ1) is 27.8. The number of aromatic nitrogens is 2. The third-order valence-corrected chi connectivity index (χ3v) is 8.62. The highest BCUT2D eigenvalue weighted by atomic mass is 35.5. The lowest BCUT2D eigenvalue weighted by atomic mass is 9.93. The molecule has 1 saturated heterocycles. The average Bonchev–Trinajstić information content (AvgIpc) is 3.27. The maximum absolute atomic E-state index is 11.7. The number of benzene rings is 3. The fraction of sp³-hybridized carbons (Fsp3) is 0.355.